The Morgan fingerprint density at radius 3 is 2.38 bits per heavy atom. The summed E-state index contributed by atoms with van der Waals surface area (Å²) in [5, 5.41) is 6.43. The summed E-state index contributed by atoms with van der Waals surface area (Å²) in [5.41, 5.74) is 0.397. The number of rotatable bonds is 7. The van der Waals surface area contributed by atoms with Crippen LogP contribution in [-0.2, 0) is 9.84 Å². The Balaban J connectivity index is 0.00000288. The molecule has 1 fully saturated rings. The highest BCUT2D eigenvalue weighted by Crippen LogP contribution is 2.42. The number of guanidine groups is 1. The van der Waals surface area contributed by atoms with E-state index in [1.54, 1.807) is 31.3 Å². The average Bonchev–Trinajstić information content (AvgIpc) is 2.53. The van der Waals surface area contributed by atoms with Crippen molar-refractivity contribution in [3.05, 3.63) is 30.3 Å². The first-order chi connectivity index (χ1) is 11.0. The molecule has 0 unspecified atom stereocenters. The fourth-order valence-corrected chi connectivity index (χ4v) is 4.05. The molecule has 0 aromatic heterocycles. The molecule has 2 rings (SSSR count). The molecular weight excluding hydrogens is 437 g/mol. The molecule has 1 aliphatic carbocycles. The summed E-state index contributed by atoms with van der Waals surface area (Å²) in [5.74, 6) is 0.726. The maximum Gasteiger partial charge on any atom is 0.191 e. The Labute approximate surface area is 162 Å². The number of hydrogen-bond acceptors (Lipinski definition) is 3. The van der Waals surface area contributed by atoms with E-state index >= 15 is 0 Å². The third kappa shape index (κ3) is 5.61. The zero-order valence-electron chi connectivity index (χ0n) is 14.4. The number of sulfone groups is 1. The van der Waals surface area contributed by atoms with Gasteiger partial charge in [-0.25, -0.2) is 8.42 Å². The highest BCUT2D eigenvalue weighted by atomic mass is 127. The van der Waals surface area contributed by atoms with Crippen molar-refractivity contribution in [2.45, 2.75) is 37.5 Å². The zero-order valence-corrected chi connectivity index (χ0v) is 17.6. The van der Waals surface area contributed by atoms with Crippen LogP contribution in [0.3, 0.4) is 0 Å². The number of aliphatic imine (C=N–C) groups is 1. The van der Waals surface area contributed by atoms with Crippen LogP contribution in [0, 0.1) is 5.41 Å². The number of nitrogens with zero attached hydrogens (tertiary/aromatic N) is 1. The standard InChI is InChI=1S/C17H27N3O2S.HI/c1-3-17(10-7-11-17)14-20-16(18-2)19-12-13-23(21,22)15-8-5-4-6-9-15;/h4-6,8-9H,3,7,10-14H2,1-2H3,(H2,18,19,20);1H. The molecule has 0 bridgehead atoms. The molecule has 1 aromatic carbocycles. The number of halogens is 1. The van der Waals surface area contributed by atoms with E-state index in [4.69, 9.17) is 0 Å². The number of hydrogen-bond donors (Lipinski definition) is 2. The molecule has 2 N–H and O–H groups in total. The van der Waals surface area contributed by atoms with Gasteiger partial charge in [0.2, 0.25) is 0 Å². The van der Waals surface area contributed by atoms with Gasteiger partial charge in [0.05, 0.1) is 10.6 Å². The minimum absolute atomic E-state index is 0. The Morgan fingerprint density at radius 1 is 1.21 bits per heavy atom. The van der Waals surface area contributed by atoms with Gasteiger partial charge in [0.1, 0.15) is 0 Å². The van der Waals surface area contributed by atoms with Crippen molar-refractivity contribution < 1.29 is 8.42 Å². The first-order valence-electron chi connectivity index (χ1n) is 8.24. The fraction of sp³-hybridized carbons (Fsp3) is 0.588. The van der Waals surface area contributed by atoms with Crippen LogP contribution in [0.2, 0.25) is 0 Å². The molecule has 0 atom stereocenters. The van der Waals surface area contributed by atoms with Crippen molar-refractivity contribution >= 4 is 39.8 Å². The third-order valence-corrected chi connectivity index (χ3v) is 6.52. The van der Waals surface area contributed by atoms with Crippen molar-refractivity contribution in [3.63, 3.8) is 0 Å². The largest absolute Gasteiger partial charge is 0.356 e. The van der Waals surface area contributed by atoms with E-state index in [0.717, 1.165) is 6.54 Å². The highest BCUT2D eigenvalue weighted by molar-refractivity contribution is 14.0. The van der Waals surface area contributed by atoms with Crippen molar-refractivity contribution in [1.29, 1.82) is 0 Å². The minimum Gasteiger partial charge on any atom is -0.356 e. The van der Waals surface area contributed by atoms with Crippen molar-refractivity contribution in [3.8, 4) is 0 Å². The lowest BCUT2D eigenvalue weighted by Gasteiger charge is -2.41. The smallest absolute Gasteiger partial charge is 0.191 e. The number of benzene rings is 1. The quantitative estimate of drug-likeness (QED) is 0.369. The maximum absolute atomic E-state index is 12.2. The molecule has 24 heavy (non-hydrogen) atoms. The molecule has 136 valence electrons. The topological polar surface area (TPSA) is 70.6 Å². The van der Waals surface area contributed by atoms with Gasteiger partial charge in [0.25, 0.3) is 0 Å². The van der Waals surface area contributed by atoms with Gasteiger partial charge in [-0.2, -0.15) is 0 Å². The van der Waals surface area contributed by atoms with E-state index in [2.05, 4.69) is 22.5 Å². The molecule has 0 amide bonds. The van der Waals surface area contributed by atoms with Crippen LogP contribution in [0.1, 0.15) is 32.6 Å². The SMILES string of the molecule is CCC1(CNC(=NC)NCCS(=O)(=O)c2ccccc2)CCC1.I. The van der Waals surface area contributed by atoms with Gasteiger partial charge in [0.15, 0.2) is 15.8 Å². The molecule has 1 aromatic rings. The van der Waals surface area contributed by atoms with Crippen LogP contribution >= 0.6 is 24.0 Å². The maximum atomic E-state index is 12.2. The summed E-state index contributed by atoms with van der Waals surface area (Å²) in [4.78, 5) is 4.54. The van der Waals surface area contributed by atoms with E-state index in [9.17, 15) is 8.42 Å². The Bertz CT molecular complexity index is 623. The van der Waals surface area contributed by atoms with Gasteiger partial charge in [-0.05, 0) is 36.8 Å². The van der Waals surface area contributed by atoms with E-state index in [1.807, 2.05) is 6.07 Å². The van der Waals surface area contributed by atoms with E-state index in [1.165, 1.54) is 25.7 Å². The number of nitrogens with one attached hydrogen (secondary N) is 2. The van der Waals surface area contributed by atoms with Crippen LogP contribution in [0.4, 0.5) is 0 Å². The third-order valence-electron chi connectivity index (χ3n) is 4.78. The van der Waals surface area contributed by atoms with Crippen LogP contribution < -0.4 is 10.6 Å². The van der Waals surface area contributed by atoms with Gasteiger partial charge >= 0.3 is 0 Å². The Morgan fingerprint density at radius 2 is 1.88 bits per heavy atom. The second-order valence-corrected chi connectivity index (χ2v) is 8.30. The van der Waals surface area contributed by atoms with Gasteiger partial charge in [-0.15, -0.1) is 24.0 Å². The lowest BCUT2D eigenvalue weighted by molar-refractivity contribution is 0.131. The van der Waals surface area contributed by atoms with Crippen LogP contribution in [0.5, 0.6) is 0 Å². The van der Waals surface area contributed by atoms with Crippen molar-refractivity contribution in [1.82, 2.24) is 10.6 Å². The summed E-state index contributed by atoms with van der Waals surface area (Å²) in [6.07, 6.45) is 4.99. The fourth-order valence-electron chi connectivity index (χ4n) is 2.87. The summed E-state index contributed by atoms with van der Waals surface area (Å²) in [6.45, 7) is 3.47. The van der Waals surface area contributed by atoms with Gasteiger partial charge in [-0.3, -0.25) is 4.99 Å². The first-order valence-corrected chi connectivity index (χ1v) is 9.89. The lowest BCUT2D eigenvalue weighted by atomic mass is 9.67. The van der Waals surface area contributed by atoms with Crippen molar-refractivity contribution in [2.24, 2.45) is 10.4 Å². The van der Waals surface area contributed by atoms with Crippen LogP contribution in [-0.4, -0.2) is 40.3 Å². The van der Waals surface area contributed by atoms with E-state index in [0.29, 0.717) is 22.8 Å². The summed E-state index contributed by atoms with van der Waals surface area (Å²) < 4.78 is 24.4. The second kappa shape index (κ2) is 9.60. The van der Waals surface area contributed by atoms with Crippen molar-refractivity contribution in [2.75, 3.05) is 25.9 Å². The summed E-state index contributed by atoms with van der Waals surface area (Å²) in [7, 11) is -1.54. The molecular formula is C17H28IN3O2S. The predicted octanol–water partition coefficient (Wildman–Crippen LogP) is 2.82. The van der Waals surface area contributed by atoms with Gasteiger partial charge < -0.3 is 10.6 Å². The van der Waals surface area contributed by atoms with Crippen LogP contribution in [0.25, 0.3) is 0 Å². The molecule has 0 saturated heterocycles. The predicted molar refractivity (Wildman–Crippen MR) is 110 cm³/mol. The summed E-state index contributed by atoms with van der Waals surface area (Å²) in [6, 6.07) is 8.55. The molecule has 5 nitrogen and oxygen atoms in total. The molecule has 1 saturated carbocycles. The molecule has 0 spiro atoms. The normalized spacial score (nSPS) is 16.7. The van der Waals surface area contributed by atoms with E-state index in [-0.39, 0.29) is 29.7 Å². The van der Waals surface area contributed by atoms with E-state index < -0.39 is 9.84 Å². The first kappa shape index (κ1) is 21.2. The monoisotopic (exact) mass is 465 g/mol. The molecule has 1 aliphatic rings. The van der Waals surface area contributed by atoms with Crippen LogP contribution in [0.15, 0.2) is 40.2 Å². The zero-order chi connectivity index (χ0) is 16.8. The average molecular weight is 465 g/mol. The minimum atomic E-state index is -3.25. The second-order valence-electron chi connectivity index (χ2n) is 6.19. The molecule has 0 aliphatic heterocycles. The lowest BCUT2D eigenvalue weighted by Crippen LogP contribution is -2.47. The molecule has 0 radical (unpaired) electrons. The molecule has 0 heterocycles. The molecule has 7 heteroatoms. The van der Waals surface area contributed by atoms with Gasteiger partial charge in [0, 0.05) is 20.1 Å². The highest BCUT2D eigenvalue weighted by Gasteiger charge is 2.34. The summed E-state index contributed by atoms with van der Waals surface area (Å²) >= 11 is 0. The Hall–Kier alpha value is -0.830. The van der Waals surface area contributed by atoms with Gasteiger partial charge in [-0.1, -0.05) is 31.5 Å². The Kier molecular flexibility index (Phi) is 8.49.